The van der Waals surface area contributed by atoms with Gasteiger partial charge in [0.1, 0.15) is 5.78 Å². The van der Waals surface area contributed by atoms with Gasteiger partial charge in [-0.15, -0.1) is 11.3 Å². The van der Waals surface area contributed by atoms with Gasteiger partial charge in [0, 0.05) is 25.9 Å². The third-order valence-corrected chi connectivity index (χ3v) is 3.87. The van der Waals surface area contributed by atoms with Crippen LogP contribution in [0.1, 0.15) is 35.0 Å². The maximum atomic E-state index is 12.2. The van der Waals surface area contributed by atoms with E-state index in [0.29, 0.717) is 25.9 Å². The Labute approximate surface area is 99.1 Å². The van der Waals surface area contributed by atoms with Crippen LogP contribution in [0.3, 0.4) is 0 Å². The first-order chi connectivity index (χ1) is 7.72. The molecule has 1 aromatic rings. The number of hydrogen-bond acceptors (Lipinski definition) is 3. The first kappa shape index (κ1) is 11.3. The van der Waals surface area contributed by atoms with Crippen molar-refractivity contribution in [1.82, 2.24) is 4.90 Å². The fourth-order valence-electron chi connectivity index (χ4n) is 1.90. The van der Waals surface area contributed by atoms with Crippen molar-refractivity contribution < 1.29 is 9.59 Å². The van der Waals surface area contributed by atoms with Crippen LogP contribution in [0.5, 0.6) is 0 Å². The topological polar surface area (TPSA) is 37.4 Å². The molecule has 2 heterocycles. The number of piperidine rings is 1. The fraction of sp³-hybridized carbons (Fsp3) is 0.500. The van der Waals surface area contributed by atoms with Crippen LogP contribution in [0.15, 0.2) is 11.4 Å². The molecule has 86 valence electrons. The van der Waals surface area contributed by atoms with Crippen LogP contribution in [0.25, 0.3) is 0 Å². The summed E-state index contributed by atoms with van der Waals surface area (Å²) in [4.78, 5) is 25.9. The van der Waals surface area contributed by atoms with Gasteiger partial charge in [0.15, 0.2) is 0 Å². The molecule has 2 rings (SSSR count). The smallest absolute Gasteiger partial charge is 0.264 e. The minimum atomic E-state index is 0.0966. The van der Waals surface area contributed by atoms with Gasteiger partial charge in [0.2, 0.25) is 0 Å². The van der Waals surface area contributed by atoms with Crippen molar-refractivity contribution >= 4 is 23.0 Å². The number of carbonyl (C=O) groups excluding carboxylic acids is 2. The summed E-state index contributed by atoms with van der Waals surface area (Å²) in [5, 5.41) is 1.96. The summed E-state index contributed by atoms with van der Waals surface area (Å²) in [6, 6.07) is 2.01. The molecule has 0 saturated carbocycles. The molecule has 1 fully saturated rings. The maximum Gasteiger partial charge on any atom is 0.264 e. The number of nitrogens with zero attached hydrogens (tertiary/aromatic N) is 1. The molecule has 0 N–H and O–H groups in total. The van der Waals surface area contributed by atoms with E-state index in [2.05, 4.69) is 6.92 Å². The van der Waals surface area contributed by atoms with Gasteiger partial charge in [-0.2, -0.15) is 0 Å². The van der Waals surface area contributed by atoms with E-state index >= 15 is 0 Å². The van der Waals surface area contributed by atoms with Crippen molar-refractivity contribution in [3.63, 3.8) is 0 Å². The average molecular weight is 237 g/mol. The standard InChI is InChI=1S/C12H15NO2S/c1-2-9-5-8-16-11(9)12(15)13-6-3-10(14)4-7-13/h5,8H,2-4,6-7H2,1H3. The van der Waals surface area contributed by atoms with Gasteiger partial charge >= 0.3 is 0 Å². The Morgan fingerprint density at radius 2 is 2.12 bits per heavy atom. The molecule has 0 radical (unpaired) electrons. The summed E-state index contributed by atoms with van der Waals surface area (Å²) < 4.78 is 0. The second-order valence-corrected chi connectivity index (χ2v) is 4.88. The Kier molecular flexibility index (Phi) is 3.39. The number of rotatable bonds is 2. The molecule has 0 unspecified atom stereocenters. The van der Waals surface area contributed by atoms with Crippen molar-refractivity contribution in [2.45, 2.75) is 26.2 Å². The van der Waals surface area contributed by atoms with Gasteiger partial charge in [-0.1, -0.05) is 6.92 Å². The van der Waals surface area contributed by atoms with E-state index in [1.165, 1.54) is 11.3 Å². The normalized spacial score (nSPS) is 16.6. The molecule has 0 spiro atoms. The highest BCUT2D eigenvalue weighted by Crippen LogP contribution is 2.21. The SMILES string of the molecule is CCc1ccsc1C(=O)N1CCC(=O)CC1. The molecular weight excluding hydrogens is 222 g/mol. The fourth-order valence-corrected chi connectivity index (χ4v) is 2.87. The predicted molar refractivity (Wildman–Crippen MR) is 63.8 cm³/mol. The van der Waals surface area contributed by atoms with Gasteiger partial charge in [-0.05, 0) is 23.4 Å². The lowest BCUT2D eigenvalue weighted by Gasteiger charge is -2.25. The molecule has 1 aromatic heterocycles. The molecule has 1 amide bonds. The second-order valence-electron chi connectivity index (χ2n) is 3.96. The van der Waals surface area contributed by atoms with E-state index in [1.807, 2.05) is 11.4 Å². The molecular formula is C12H15NO2S. The highest BCUT2D eigenvalue weighted by Gasteiger charge is 2.23. The van der Waals surface area contributed by atoms with Crippen LogP contribution < -0.4 is 0 Å². The summed E-state index contributed by atoms with van der Waals surface area (Å²) in [5.74, 6) is 0.366. The molecule has 0 aliphatic carbocycles. The number of amides is 1. The molecule has 1 aliphatic heterocycles. The van der Waals surface area contributed by atoms with Gasteiger partial charge in [-0.3, -0.25) is 9.59 Å². The first-order valence-electron chi connectivity index (χ1n) is 5.59. The maximum absolute atomic E-state index is 12.2. The number of carbonyl (C=O) groups is 2. The van der Waals surface area contributed by atoms with Crippen LogP contribution in [-0.2, 0) is 11.2 Å². The zero-order valence-corrected chi connectivity index (χ0v) is 10.2. The Hall–Kier alpha value is -1.16. The lowest BCUT2D eigenvalue weighted by Crippen LogP contribution is -2.38. The van der Waals surface area contributed by atoms with Gasteiger partial charge < -0.3 is 4.90 Å². The second kappa shape index (κ2) is 4.78. The highest BCUT2D eigenvalue weighted by molar-refractivity contribution is 7.12. The third kappa shape index (κ3) is 2.16. The minimum absolute atomic E-state index is 0.0966. The number of hydrogen-bond donors (Lipinski definition) is 0. The molecule has 3 nitrogen and oxygen atoms in total. The Morgan fingerprint density at radius 3 is 2.75 bits per heavy atom. The van der Waals surface area contributed by atoms with Crippen molar-refractivity contribution in [1.29, 1.82) is 0 Å². The van der Waals surface area contributed by atoms with Crippen molar-refractivity contribution in [3.05, 3.63) is 21.9 Å². The van der Waals surface area contributed by atoms with E-state index in [1.54, 1.807) is 4.90 Å². The van der Waals surface area contributed by atoms with Crippen molar-refractivity contribution in [2.75, 3.05) is 13.1 Å². The van der Waals surface area contributed by atoms with Crippen LogP contribution in [-0.4, -0.2) is 29.7 Å². The van der Waals surface area contributed by atoms with Crippen LogP contribution in [0.4, 0.5) is 0 Å². The predicted octanol–water partition coefficient (Wildman–Crippen LogP) is 2.12. The Balaban J connectivity index is 2.10. The monoisotopic (exact) mass is 237 g/mol. The number of thiophene rings is 1. The van der Waals surface area contributed by atoms with E-state index in [4.69, 9.17) is 0 Å². The number of Topliss-reactive ketones (excluding diaryl/α,β-unsaturated/α-hetero) is 1. The van der Waals surface area contributed by atoms with Crippen LogP contribution in [0, 0.1) is 0 Å². The molecule has 0 atom stereocenters. The minimum Gasteiger partial charge on any atom is -0.337 e. The van der Waals surface area contributed by atoms with E-state index in [9.17, 15) is 9.59 Å². The zero-order chi connectivity index (χ0) is 11.5. The summed E-state index contributed by atoms with van der Waals surface area (Å²) in [6.07, 6.45) is 1.91. The van der Waals surface area contributed by atoms with Crippen LogP contribution >= 0.6 is 11.3 Å². The summed E-state index contributed by atoms with van der Waals surface area (Å²) >= 11 is 1.50. The summed E-state index contributed by atoms with van der Waals surface area (Å²) in [6.45, 7) is 3.22. The molecule has 1 aliphatic rings. The zero-order valence-electron chi connectivity index (χ0n) is 9.36. The highest BCUT2D eigenvalue weighted by atomic mass is 32.1. The van der Waals surface area contributed by atoms with Gasteiger partial charge in [0.05, 0.1) is 4.88 Å². The Morgan fingerprint density at radius 1 is 1.44 bits per heavy atom. The van der Waals surface area contributed by atoms with Crippen LogP contribution in [0.2, 0.25) is 0 Å². The largest absolute Gasteiger partial charge is 0.337 e. The molecule has 1 saturated heterocycles. The summed E-state index contributed by atoms with van der Waals surface area (Å²) in [5.41, 5.74) is 1.12. The molecule has 0 aromatic carbocycles. The lowest BCUT2D eigenvalue weighted by molar-refractivity contribution is -0.120. The Bertz CT molecular complexity index is 401. The summed E-state index contributed by atoms with van der Waals surface area (Å²) in [7, 11) is 0. The number of ketones is 1. The van der Waals surface area contributed by atoms with Crippen molar-refractivity contribution in [2.24, 2.45) is 0 Å². The van der Waals surface area contributed by atoms with Crippen molar-refractivity contribution in [3.8, 4) is 0 Å². The van der Waals surface area contributed by atoms with Gasteiger partial charge in [0.25, 0.3) is 5.91 Å². The average Bonchev–Trinajstić information content (AvgIpc) is 2.77. The molecule has 4 heteroatoms. The quantitative estimate of drug-likeness (QED) is 0.790. The number of aryl methyl sites for hydroxylation is 1. The van der Waals surface area contributed by atoms with E-state index in [0.717, 1.165) is 16.9 Å². The molecule has 0 bridgehead atoms. The first-order valence-corrected chi connectivity index (χ1v) is 6.47. The lowest BCUT2D eigenvalue weighted by atomic mass is 10.1. The van der Waals surface area contributed by atoms with E-state index < -0.39 is 0 Å². The third-order valence-electron chi connectivity index (χ3n) is 2.93. The number of likely N-dealkylation sites (tertiary alicyclic amines) is 1. The molecule has 16 heavy (non-hydrogen) atoms. The van der Waals surface area contributed by atoms with E-state index in [-0.39, 0.29) is 11.7 Å². The van der Waals surface area contributed by atoms with Gasteiger partial charge in [-0.25, -0.2) is 0 Å².